The number of rotatable bonds is 7. The smallest absolute Gasteiger partial charge is 0.276 e. The minimum Gasteiger partial charge on any atom is -0.492 e. The van der Waals surface area contributed by atoms with Crippen LogP contribution in [-0.2, 0) is 24.4 Å². The molecule has 0 aromatic heterocycles. The second-order valence-electron chi connectivity index (χ2n) is 6.82. The number of fused-ring (bicyclic) bond motifs is 1. The highest BCUT2D eigenvalue weighted by molar-refractivity contribution is 7.10. The van der Waals surface area contributed by atoms with Crippen molar-refractivity contribution >= 4 is 32.6 Å². The summed E-state index contributed by atoms with van der Waals surface area (Å²) in [5.74, 6) is 0.938. The monoisotopic (exact) mass is 447 g/mol. The van der Waals surface area contributed by atoms with Crippen molar-refractivity contribution in [2.24, 2.45) is 0 Å². The number of carbonyl (C=O) groups is 1. The number of nitro groups is 1. The van der Waals surface area contributed by atoms with Gasteiger partial charge in [0.05, 0.1) is 47.4 Å². The number of Topliss-reactive ketones (excluding diaryl/α,β-unsaturated/α-hetero) is 1. The molecular weight excluding hydrogens is 425 g/mol. The first-order valence-electron chi connectivity index (χ1n) is 9.31. The highest BCUT2D eigenvalue weighted by Crippen LogP contribution is 2.47. The van der Waals surface area contributed by atoms with Gasteiger partial charge in [0.15, 0.2) is 17.3 Å². The summed E-state index contributed by atoms with van der Waals surface area (Å²) in [4.78, 5) is 23.9. The molecule has 2 aromatic carbocycles. The van der Waals surface area contributed by atoms with Crippen LogP contribution in [0.15, 0.2) is 18.2 Å². The van der Waals surface area contributed by atoms with Gasteiger partial charge in [0, 0.05) is 23.6 Å². The van der Waals surface area contributed by atoms with Crippen molar-refractivity contribution in [2.45, 2.75) is 26.1 Å². The maximum absolute atomic E-state index is 12.8. The van der Waals surface area contributed by atoms with E-state index in [1.807, 2.05) is 0 Å². The maximum atomic E-state index is 12.8. The van der Waals surface area contributed by atoms with Crippen molar-refractivity contribution in [3.63, 3.8) is 0 Å². The number of allylic oxidation sites excluding steroid dienone is 1. The predicted octanol–water partition coefficient (Wildman–Crippen LogP) is 2.82. The van der Waals surface area contributed by atoms with Gasteiger partial charge in [-0.1, -0.05) is 0 Å². The number of hydrogen-bond acceptors (Lipinski definition) is 8. The third kappa shape index (κ3) is 4.12. The van der Waals surface area contributed by atoms with E-state index in [0.717, 1.165) is 5.56 Å². The van der Waals surface area contributed by atoms with Crippen LogP contribution in [0.2, 0.25) is 0 Å². The Morgan fingerprint density at radius 2 is 1.74 bits per heavy atom. The lowest BCUT2D eigenvalue weighted by Crippen LogP contribution is -2.14. The molecule has 164 valence electrons. The van der Waals surface area contributed by atoms with Crippen molar-refractivity contribution in [3.8, 4) is 17.2 Å². The summed E-state index contributed by atoms with van der Waals surface area (Å²) in [6.45, 7) is -0.869. The molecule has 1 aliphatic rings. The average molecular weight is 447 g/mol. The van der Waals surface area contributed by atoms with Crippen molar-refractivity contribution in [3.05, 3.63) is 56.1 Å². The van der Waals surface area contributed by atoms with E-state index in [2.05, 4.69) is 9.47 Å². The zero-order valence-corrected chi connectivity index (χ0v) is 18.2. The van der Waals surface area contributed by atoms with Crippen LogP contribution in [0.4, 0.5) is 5.69 Å². The summed E-state index contributed by atoms with van der Waals surface area (Å²) in [6.07, 6.45) is 2.03. The Hall–Kier alpha value is -3.00. The molecule has 1 aliphatic carbocycles. The van der Waals surface area contributed by atoms with Gasteiger partial charge in [-0.25, -0.2) is 0 Å². The summed E-state index contributed by atoms with van der Waals surface area (Å²) in [5, 5.41) is 30.7. The SMILES string of the molecule is COc1c(OP)cc2c(c1OC)CCC(=O)/C2=C\c1cc(CO)c(CO)cc1[N+](=O)[O-]. The second-order valence-corrected chi connectivity index (χ2v) is 7.06. The van der Waals surface area contributed by atoms with Gasteiger partial charge >= 0.3 is 0 Å². The van der Waals surface area contributed by atoms with Crippen molar-refractivity contribution in [2.75, 3.05) is 14.2 Å². The molecule has 0 spiro atoms. The molecule has 31 heavy (non-hydrogen) atoms. The molecule has 2 N–H and O–H groups in total. The van der Waals surface area contributed by atoms with Crippen molar-refractivity contribution < 1.29 is 33.9 Å². The highest BCUT2D eigenvalue weighted by Gasteiger charge is 2.30. The maximum Gasteiger partial charge on any atom is 0.276 e. The van der Waals surface area contributed by atoms with E-state index >= 15 is 0 Å². The molecule has 0 saturated carbocycles. The summed E-state index contributed by atoms with van der Waals surface area (Å²) in [7, 11) is 5.07. The van der Waals surface area contributed by atoms with Crippen LogP contribution in [0.3, 0.4) is 0 Å². The molecule has 0 fully saturated rings. The summed E-state index contributed by atoms with van der Waals surface area (Å²) >= 11 is 0. The zero-order valence-electron chi connectivity index (χ0n) is 17.0. The number of carbonyl (C=O) groups excluding carboxylic acids is 1. The molecule has 0 amide bonds. The van der Waals surface area contributed by atoms with Gasteiger partial charge in [0.25, 0.3) is 5.69 Å². The molecule has 10 heteroatoms. The summed E-state index contributed by atoms with van der Waals surface area (Å²) < 4.78 is 16.2. The number of aliphatic hydroxyl groups excluding tert-OH is 2. The molecule has 3 rings (SSSR count). The molecule has 9 nitrogen and oxygen atoms in total. The fourth-order valence-electron chi connectivity index (χ4n) is 3.74. The van der Waals surface area contributed by atoms with Gasteiger partial charge in [0.2, 0.25) is 5.75 Å². The van der Waals surface area contributed by atoms with E-state index in [4.69, 9.17) is 14.0 Å². The Kier molecular flexibility index (Phi) is 6.90. The third-order valence-corrected chi connectivity index (χ3v) is 5.47. The molecule has 0 aliphatic heterocycles. The molecule has 2 aromatic rings. The number of hydrogen-bond donors (Lipinski definition) is 2. The van der Waals surface area contributed by atoms with E-state index in [1.54, 1.807) is 6.07 Å². The van der Waals surface area contributed by atoms with Gasteiger partial charge in [-0.2, -0.15) is 0 Å². The van der Waals surface area contributed by atoms with Gasteiger partial charge in [-0.3, -0.25) is 14.9 Å². The quantitative estimate of drug-likeness (QED) is 0.287. The number of aliphatic hydroxyl groups is 2. The van der Waals surface area contributed by atoms with Gasteiger partial charge in [0.1, 0.15) is 0 Å². The van der Waals surface area contributed by atoms with Gasteiger partial charge in [-0.05, 0) is 41.3 Å². The Bertz CT molecular complexity index is 1080. The fraction of sp³-hybridized carbons (Fsp3) is 0.286. The Labute approximate surface area is 180 Å². The largest absolute Gasteiger partial charge is 0.492 e. The first-order chi connectivity index (χ1) is 14.9. The van der Waals surface area contributed by atoms with Gasteiger partial charge in [-0.15, -0.1) is 0 Å². The van der Waals surface area contributed by atoms with Crippen molar-refractivity contribution in [1.29, 1.82) is 0 Å². The third-order valence-electron chi connectivity index (χ3n) is 5.22. The fourth-order valence-corrected chi connectivity index (χ4v) is 3.92. The number of ether oxygens (including phenoxy) is 2. The topological polar surface area (TPSA) is 128 Å². The molecular formula is C21H22NO8P. The molecule has 0 radical (unpaired) electrons. The van der Waals surface area contributed by atoms with Crippen molar-refractivity contribution in [1.82, 2.24) is 0 Å². The molecule has 1 atom stereocenters. The van der Waals surface area contributed by atoms with Gasteiger partial charge < -0.3 is 24.2 Å². The molecule has 1 unspecified atom stereocenters. The standard InChI is InChI=1S/C21H22NO8P/c1-28-20-14-3-4-18(25)16(15(14)8-19(30-31)21(20)29-2)6-11-5-12(9-23)13(10-24)7-17(11)22(26)27/h5-8,23-24H,3-4,9-10,31H2,1-2H3/b16-6-. The number of nitrogens with zero attached hydrogens (tertiary/aromatic N) is 1. The lowest BCUT2D eigenvalue weighted by atomic mass is 9.84. The Morgan fingerprint density at radius 3 is 2.29 bits per heavy atom. The van der Waals surface area contributed by atoms with Crippen LogP contribution < -0.4 is 14.0 Å². The van der Waals surface area contributed by atoms with Crippen LogP contribution in [0, 0.1) is 10.1 Å². The van der Waals surface area contributed by atoms with Crippen LogP contribution in [-0.4, -0.2) is 35.1 Å². The van der Waals surface area contributed by atoms with Crippen LogP contribution in [0.1, 0.15) is 34.2 Å². The lowest BCUT2D eigenvalue weighted by Gasteiger charge is -2.24. The van der Waals surface area contributed by atoms with Crippen LogP contribution >= 0.6 is 9.47 Å². The first kappa shape index (κ1) is 22.7. The minimum absolute atomic E-state index is 0.144. The molecule has 0 saturated heterocycles. The minimum atomic E-state index is -0.591. The average Bonchev–Trinajstić information content (AvgIpc) is 2.78. The van der Waals surface area contributed by atoms with Crippen LogP contribution in [0.25, 0.3) is 11.6 Å². The number of methoxy groups -OCH3 is 2. The van der Waals surface area contributed by atoms with E-state index in [-0.39, 0.29) is 34.6 Å². The number of benzene rings is 2. The number of nitro benzene ring substituents is 1. The Balaban J connectivity index is 2.30. The molecule has 0 bridgehead atoms. The first-order valence-corrected chi connectivity index (χ1v) is 9.78. The number of ketones is 1. The zero-order chi connectivity index (χ0) is 22.7. The highest BCUT2D eigenvalue weighted by atomic mass is 31.0. The van der Waals surface area contributed by atoms with E-state index < -0.39 is 18.1 Å². The predicted molar refractivity (Wildman–Crippen MR) is 116 cm³/mol. The summed E-state index contributed by atoms with van der Waals surface area (Å²) in [5.41, 5.74) is 1.96. The normalized spacial score (nSPS) is 14.4. The molecule has 0 heterocycles. The lowest BCUT2D eigenvalue weighted by molar-refractivity contribution is -0.385. The second kappa shape index (κ2) is 9.43. The van der Waals surface area contributed by atoms with E-state index in [9.17, 15) is 25.1 Å². The van der Waals surface area contributed by atoms with Crippen LogP contribution in [0.5, 0.6) is 17.2 Å². The summed E-state index contributed by atoms with van der Waals surface area (Å²) in [6, 6.07) is 4.25. The van der Waals surface area contributed by atoms with E-state index in [0.29, 0.717) is 34.8 Å². The Morgan fingerprint density at radius 1 is 1.10 bits per heavy atom. The van der Waals surface area contributed by atoms with E-state index in [1.165, 1.54) is 32.4 Å².